The number of amides is 2. The topological polar surface area (TPSA) is 151 Å². The Morgan fingerprint density at radius 3 is 2.40 bits per heavy atom. The van der Waals surface area contributed by atoms with E-state index in [-0.39, 0.29) is 31.0 Å². The summed E-state index contributed by atoms with van der Waals surface area (Å²) in [4.78, 5) is 29.3. The lowest BCUT2D eigenvalue weighted by Gasteiger charge is -2.19. The van der Waals surface area contributed by atoms with E-state index in [0.717, 1.165) is 11.1 Å². The number of hydrogen-bond donors (Lipinski definition) is 5. The minimum atomic E-state index is -0.745. The van der Waals surface area contributed by atoms with Crippen molar-refractivity contribution in [2.45, 2.75) is 19.1 Å². The first-order valence-electron chi connectivity index (χ1n) is 11.0. The Bertz CT molecular complexity index is 1200. The van der Waals surface area contributed by atoms with Crippen molar-refractivity contribution in [2.75, 3.05) is 13.3 Å². The van der Waals surface area contributed by atoms with Crippen LogP contribution >= 0.6 is 0 Å². The van der Waals surface area contributed by atoms with Crippen LogP contribution in [0.4, 0.5) is 0 Å². The smallest absolute Gasteiger partial charge is 0.242 e. The van der Waals surface area contributed by atoms with Crippen LogP contribution in [-0.4, -0.2) is 36.0 Å². The summed E-state index contributed by atoms with van der Waals surface area (Å²) in [5.41, 5.74) is 8.63. The number of nitrogens with zero attached hydrogens (tertiary/aromatic N) is 1. The number of benzene rings is 2. The zero-order valence-electron chi connectivity index (χ0n) is 18.9. The first-order chi connectivity index (χ1) is 17.0. The zero-order chi connectivity index (χ0) is 24.6. The van der Waals surface area contributed by atoms with Crippen molar-refractivity contribution in [3.05, 3.63) is 89.2 Å². The van der Waals surface area contributed by atoms with Crippen molar-refractivity contribution in [1.29, 1.82) is 5.41 Å². The van der Waals surface area contributed by atoms with E-state index in [4.69, 9.17) is 20.6 Å². The second-order valence-electron chi connectivity index (χ2n) is 7.89. The molecule has 1 atom stereocenters. The number of nitrogens with one attached hydrogen (secondary N) is 4. The molecule has 10 heteroatoms. The van der Waals surface area contributed by atoms with Crippen LogP contribution < -0.4 is 31.2 Å². The molecule has 35 heavy (non-hydrogen) atoms. The maximum atomic E-state index is 13.1. The number of aromatic nitrogens is 1. The molecule has 0 radical (unpaired) electrons. The number of nitrogens with two attached hydrogens (primary N) is 1. The second-order valence-corrected chi connectivity index (χ2v) is 7.89. The molecule has 0 saturated carbocycles. The van der Waals surface area contributed by atoms with Gasteiger partial charge in [0.2, 0.25) is 18.6 Å². The van der Waals surface area contributed by atoms with Crippen LogP contribution in [-0.2, 0) is 22.7 Å². The van der Waals surface area contributed by atoms with Crippen LogP contribution in [0.2, 0.25) is 0 Å². The predicted molar refractivity (Wildman–Crippen MR) is 129 cm³/mol. The van der Waals surface area contributed by atoms with E-state index in [2.05, 4.69) is 20.9 Å². The number of amidine groups is 1. The van der Waals surface area contributed by atoms with Gasteiger partial charge in [-0.3, -0.25) is 25.3 Å². The van der Waals surface area contributed by atoms with Crippen LogP contribution in [0.15, 0.2) is 67.0 Å². The van der Waals surface area contributed by atoms with Crippen molar-refractivity contribution >= 4 is 17.6 Å². The molecule has 1 aromatic heterocycles. The predicted octanol–water partition coefficient (Wildman–Crippen LogP) is 1.36. The van der Waals surface area contributed by atoms with Gasteiger partial charge in [-0.2, -0.15) is 0 Å². The van der Waals surface area contributed by atoms with Crippen molar-refractivity contribution in [3.8, 4) is 11.5 Å². The van der Waals surface area contributed by atoms with Gasteiger partial charge in [0.15, 0.2) is 11.5 Å². The summed E-state index contributed by atoms with van der Waals surface area (Å²) in [6.07, 6.45) is 3.30. The summed E-state index contributed by atoms with van der Waals surface area (Å²) in [5.74, 6) is 0.498. The maximum Gasteiger partial charge on any atom is 0.242 e. The molecule has 2 amide bonds. The largest absolute Gasteiger partial charge is 0.454 e. The lowest BCUT2D eigenvalue weighted by Crippen LogP contribution is -2.42. The minimum Gasteiger partial charge on any atom is -0.454 e. The fourth-order valence-electron chi connectivity index (χ4n) is 3.51. The van der Waals surface area contributed by atoms with Crippen LogP contribution in [0.25, 0.3) is 0 Å². The number of fused-ring (bicyclic) bond motifs is 1. The molecular formula is C25H26N6O4. The highest BCUT2D eigenvalue weighted by atomic mass is 16.7. The van der Waals surface area contributed by atoms with E-state index in [1.165, 1.54) is 0 Å². The van der Waals surface area contributed by atoms with Gasteiger partial charge in [-0.25, -0.2) is 0 Å². The third-order valence-corrected chi connectivity index (χ3v) is 5.43. The van der Waals surface area contributed by atoms with Crippen LogP contribution in [0, 0.1) is 5.41 Å². The quantitative estimate of drug-likeness (QED) is 0.220. The fraction of sp³-hybridized carbons (Fsp3) is 0.200. The summed E-state index contributed by atoms with van der Waals surface area (Å²) in [6, 6.07) is 15.3. The maximum absolute atomic E-state index is 13.1. The molecule has 1 unspecified atom stereocenters. The third-order valence-electron chi connectivity index (χ3n) is 5.43. The average Bonchev–Trinajstić information content (AvgIpc) is 3.35. The standard InChI is InChI=1S/C25H26N6O4/c26-24(27)18-3-1-16(2-4-18)13-30-23(19-5-6-20-21(11-19)35-15-34-20)25(33)31-14-22(32)29-12-17-7-9-28-10-8-17/h1-11,23,30H,12-15H2,(H3,26,27)(H,29,32)(H,31,33). The molecule has 1 aliphatic heterocycles. The fourth-order valence-corrected chi connectivity index (χ4v) is 3.51. The number of nitrogen functional groups attached to an aromatic ring is 1. The van der Waals surface area contributed by atoms with Crippen LogP contribution in [0.3, 0.4) is 0 Å². The van der Waals surface area contributed by atoms with Crippen molar-refractivity contribution < 1.29 is 19.1 Å². The summed E-state index contributed by atoms with van der Waals surface area (Å²) in [7, 11) is 0. The third kappa shape index (κ3) is 6.33. The second kappa shape index (κ2) is 11.1. The Balaban J connectivity index is 1.40. The SMILES string of the molecule is N=C(N)c1ccc(CNC(C(=O)NCC(=O)NCc2ccncc2)c2ccc3c(c2)OCO3)cc1. The number of rotatable bonds is 10. The summed E-state index contributed by atoms with van der Waals surface area (Å²) < 4.78 is 10.8. The number of ether oxygens (including phenoxy) is 2. The molecule has 0 bridgehead atoms. The lowest BCUT2D eigenvalue weighted by atomic mass is 10.0. The molecule has 2 heterocycles. The first kappa shape index (κ1) is 23.7. The molecule has 0 aliphatic carbocycles. The number of carbonyl (C=O) groups excluding carboxylic acids is 2. The summed E-state index contributed by atoms with van der Waals surface area (Å²) in [5, 5.41) is 16.2. The molecule has 1 aliphatic rings. The monoisotopic (exact) mass is 474 g/mol. The molecule has 0 spiro atoms. The highest BCUT2D eigenvalue weighted by molar-refractivity contribution is 5.94. The molecule has 0 fully saturated rings. The van der Waals surface area contributed by atoms with Crippen molar-refractivity contribution in [3.63, 3.8) is 0 Å². The minimum absolute atomic E-state index is 0.00988. The van der Waals surface area contributed by atoms with Crippen molar-refractivity contribution in [2.24, 2.45) is 5.73 Å². The average molecular weight is 475 g/mol. The van der Waals surface area contributed by atoms with Gasteiger partial charge >= 0.3 is 0 Å². The highest BCUT2D eigenvalue weighted by Gasteiger charge is 2.24. The highest BCUT2D eigenvalue weighted by Crippen LogP contribution is 2.34. The number of hydrogen-bond acceptors (Lipinski definition) is 7. The van der Waals surface area contributed by atoms with Gasteiger partial charge in [0.25, 0.3) is 0 Å². The first-order valence-corrected chi connectivity index (χ1v) is 11.0. The van der Waals surface area contributed by atoms with Gasteiger partial charge in [0.1, 0.15) is 11.9 Å². The van der Waals surface area contributed by atoms with E-state index in [1.807, 2.05) is 12.1 Å². The van der Waals surface area contributed by atoms with Gasteiger partial charge in [0, 0.05) is 31.0 Å². The van der Waals surface area contributed by atoms with Crippen LogP contribution in [0.1, 0.15) is 28.3 Å². The Hall–Kier alpha value is -4.44. The Morgan fingerprint density at radius 1 is 0.943 bits per heavy atom. The van der Waals surface area contributed by atoms with Gasteiger partial charge in [-0.1, -0.05) is 30.3 Å². The van der Waals surface area contributed by atoms with Crippen LogP contribution in [0.5, 0.6) is 11.5 Å². The molecule has 6 N–H and O–H groups in total. The van der Waals surface area contributed by atoms with Gasteiger partial charge in [-0.05, 0) is 41.0 Å². The Labute approximate surface area is 202 Å². The number of pyridine rings is 1. The van der Waals surface area contributed by atoms with E-state index in [1.54, 1.807) is 54.9 Å². The molecule has 0 saturated heterocycles. The molecule has 3 aromatic rings. The van der Waals surface area contributed by atoms with E-state index >= 15 is 0 Å². The van der Waals surface area contributed by atoms with Gasteiger partial charge in [0.05, 0.1) is 6.54 Å². The summed E-state index contributed by atoms with van der Waals surface area (Å²) >= 11 is 0. The lowest BCUT2D eigenvalue weighted by molar-refractivity contribution is -0.127. The molecular weight excluding hydrogens is 448 g/mol. The van der Waals surface area contributed by atoms with E-state index < -0.39 is 6.04 Å². The van der Waals surface area contributed by atoms with Gasteiger partial charge < -0.3 is 25.8 Å². The molecule has 4 rings (SSSR count). The Morgan fingerprint density at radius 2 is 1.66 bits per heavy atom. The Kier molecular flexibility index (Phi) is 7.53. The normalized spacial score (nSPS) is 12.6. The van der Waals surface area contributed by atoms with E-state index in [9.17, 15) is 9.59 Å². The van der Waals surface area contributed by atoms with E-state index in [0.29, 0.717) is 35.7 Å². The zero-order valence-corrected chi connectivity index (χ0v) is 18.9. The number of carbonyl (C=O) groups is 2. The molecule has 10 nitrogen and oxygen atoms in total. The summed E-state index contributed by atoms with van der Waals surface area (Å²) in [6.45, 7) is 0.680. The molecule has 180 valence electrons. The molecule has 2 aromatic carbocycles. The van der Waals surface area contributed by atoms with Gasteiger partial charge in [-0.15, -0.1) is 0 Å². The van der Waals surface area contributed by atoms with Crippen molar-refractivity contribution in [1.82, 2.24) is 20.9 Å².